The molecule has 3 nitrogen and oxygen atoms in total. The van der Waals surface area contributed by atoms with Gasteiger partial charge in [0.1, 0.15) is 0 Å². The van der Waals surface area contributed by atoms with Crippen LogP contribution in [0, 0.1) is 40.4 Å². The molecule has 4 rings (SSSR count). The minimum absolute atomic E-state index is 0.0876. The first-order valence-electron chi connectivity index (χ1n) is 11.6. The molecule has 4 saturated carbocycles. The lowest BCUT2D eigenvalue weighted by atomic mass is 9.44. The standard InChI is InChI=1S/C23H39O3PS/c1-22-11-5-4-6-16(22)14-19(24)20-17-8-7-15(10-13-27(3)28-21(25)26)23(17,2)12-9-18(20)22/h15-20,24H,4-14H2,1-3H3,(H,25,26). The van der Waals surface area contributed by atoms with Crippen molar-refractivity contribution in [1.82, 2.24) is 0 Å². The molecule has 0 bridgehead atoms. The van der Waals surface area contributed by atoms with Crippen molar-refractivity contribution in [3.8, 4) is 0 Å². The summed E-state index contributed by atoms with van der Waals surface area (Å²) in [5.41, 5.74) is 0.835. The first kappa shape index (κ1) is 21.4. The van der Waals surface area contributed by atoms with Crippen molar-refractivity contribution in [2.45, 2.75) is 84.2 Å². The van der Waals surface area contributed by atoms with Crippen LogP contribution in [0.25, 0.3) is 0 Å². The number of carbonyl (C=O) groups is 1. The fraction of sp³-hybridized carbons (Fsp3) is 0.957. The van der Waals surface area contributed by atoms with Gasteiger partial charge in [0.15, 0.2) is 0 Å². The third-order valence-corrected chi connectivity index (χ3v) is 13.1. The molecule has 9 unspecified atom stereocenters. The average Bonchev–Trinajstić information content (AvgIpc) is 2.96. The zero-order chi connectivity index (χ0) is 20.1. The minimum Gasteiger partial charge on any atom is -0.473 e. The predicted octanol–water partition coefficient (Wildman–Crippen LogP) is 6.83. The van der Waals surface area contributed by atoms with Gasteiger partial charge in [-0.25, -0.2) is 4.79 Å². The van der Waals surface area contributed by atoms with Gasteiger partial charge in [-0.05, 0) is 123 Å². The molecule has 28 heavy (non-hydrogen) atoms. The lowest BCUT2D eigenvalue weighted by molar-refractivity contribution is -0.162. The highest BCUT2D eigenvalue weighted by Gasteiger charge is 2.61. The van der Waals surface area contributed by atoms with Crippen LogP contribution in [0.5, 0.6) is 0 Å². The van der Waals surface area contributed by atoms with Gasteiger partial charge in [0.2, 0.25) is 0 Å². The molecule has 0 aromatic heterocycles. The molecule has 160 valence electrons. The lowest BCUT2D eigenvalue weighted by Gasteiger charge is -2.62. The summed E-state index contributed by atoms with van der Waals surface area (Å²) in [6.07, 6.45) is 13.9. The molecule has 0 aromatic carbocycles. The molecule has 0 aromatic rings. The van der Waals surface area contributed by atoms with Crippen molar-refractivity contribution in [2.75, 3.05) is 12.8 Å². The van der Waals surface area contributed by atoms with E-state index in [-0.39, 0.29) is 6.10 Å². The van der Waals surface area contributed by atoms with Gasteiger partial charge >= 0.3 is 5.30 Å². The summed E-state index contributed by atoms with van der Waals surface area (Å²) in [6.45, 7) is 7.22. The lowest BCUT2D eigenvalue weighted by Crippen LogP contribution is -2.57. The molecule has 2 N–H and O–H groups in total. The Morgan fingerprint density at radius 1 is 1.07 bits per heavy atom. The maximum absolute atomic E-state index is 11.3. The Morgan fingerprint density at radius 2 is 1.82 bits per heavy atom. The third-order valence-electron chi connectivity index (χ3n) is 9.82. The van der Waals surface area contributed by atoms with Gasteiger partial charge in [-0.3, -0.25) is 0 Å². The van der Waals surface area contributed by atoms with Gasteiger partial charge in [-0.15, -0.1) is 0 Å². The first-order chi connectivity index (χ1) is 13.3. The topological polar surface area (TPSA) is 57.5 Å². The Balaban J connectivity index is 1.48. The van der Waals surface area contributed by atoms with E-state index in [0.717, 1.165) is 41.7 Å². The van der Waals surface area contributed by atoms with E-state index in [1.165, 1.54) is 57.8 Å². The summed E-state index contributed by atoms with van der Waals surface area (Å²) in [5, 5.41) is 19.6. The van der Waals surface area contributed by atoms with Crippen LogP contribution in [0.1, 0.15) is 78.1 Å². The summed E-state index contributed by atoms with van der Waals surface area (Å²) in [4.78, 5) is 11.0. The zero-order valence-electron chi connectivity index (χ0n) is 17.9. The van der Waals surface area contributed by atoms with Crippen molar-refractivity contribution < 1.29 is 15.0 Å². The Morgan fingerprint density at radius 3 is 2.57 bits per heavy atom. The van der Waals surface area contributed by atoms with Gasteiger partial charge in [-0.1, -0.05) is 26.7 Å². The number of rotatable bonds is 4. The number of hydrogen-bond donors (Lipinski definition) is 2. The monoisotopic (exact) mass is 426 g/mol. The van der Waals surface area contributed by atoms with E-state index in [2.05, 4.69) is 20.5 Å². The Hall–Kier alpha value is 0.210. The Bertz CT molecular complexity index is 600. The van der Waals surface area contributed by atoms with Crippen molar-refractivity contribution in [3.05, 3.63) is 0 Å². The number of hydrogen-bond acceptors (Lipinski definition) is 3. The maximum atomic E-state index is 11.3. The zero-order valence-corrected chi connectivity index (χ0v) is 19.6. The predicted molar refractivity (Wildman–Crippen MR) is 119 cm³/mol. The Labute approximate surface area is 176 Å². The van der Waals surface area contributed by atoms with Crippen LogP contribution in [0.2, 0.25) is 0 Å². The van der Waals surface area contributed by atoms with E-state index in [4.69, 9.17) is 5.11 Å². The molecule has 0 amide bonds. The van der Waals surface area contributed by atoms with Gasteiger partial charge < -0.3 is 10.2 Å². The van der Waals surface area contributed by atoms with Crippen LogP contribution < -0.4 is 0 Å². The van der Waals surface area contributed by atoms with E-state index in [9.17, 15) is 9.90 Å². The van der Waals surface area contributed by atoms with Crippen LogP contribution in [-0.2, 0) is 0 Å². The molecule has 0 aliphatic heterocycles. The van der Waals surface area contributed by atoms with Gasteiger partial charge in [-0.2, -0.15) is 0 Å². The quantitative estimate of drug-likeness (QED) is 0.484. The summed E-state index contributed by atoms with van der Waals surface area (Å²) in [5.74, 6) is 3.39. The fourth-order valence-corrected chi connectivity index (χ4v) is 10.8. The summed E-state index contributed by atoms with van der Waals surface area (Å²) in [7, 11) is -0.458. The molecule has 0 saturated heterocycles. The highest BCUT2D eigenvalue weighted by Crippen LogP contribution is 2.68. The van der Waals surface area contributed by atoms with Crippen molar-refractivity contribution in [1.29, 1.82) is 0 Å². The molecule has 4 fully saturated rings. The number of aliphatic hydroxyl groups is 1. The molecule has 9 atom stereocenters. The summed E-state index contributed by atoms with van der Waals surface area (Å²) >= 11 is 1.14. The molecular formula is C23H39O3PS. The summed E-state index contributed by atoms with van der Waals surface area (Å²) < 4.78 is 0. The average molecular weight is 427 g/mol. The third kappa shape index (κ3) is 3.58. The van der Waals surface area contributed by atoms with Crippen molar-refractivity contribution in [3.63, 3.8) is 0 Å². The second-order valence-electron chi connectivity index (χ2n) is 10.9. The second-order valence-corrected chi connectivity index (χ2v) is 15.5. The van der Waals surface area contributed by atoms with E-state index >= 15 is 0 Å². The highest BCUT2D eigenvalue weighted by atomic mass is 32.7. The smallest absolute Gasteiger partial charge is 0.369 e. The largest absolute Gasteiger partial charge is 0.473 e. The van der Waals surface area contributed by atoms with Crippen molar-refractivity contribution in [2.24, 2.45) is 40.4 Å². The molecule has 4 aliphatic carbocycles. The maximum Gasteiger partial charge on any atom is 0.369 e. The molecular weight excluding hydrogens is 387 g/mol. The van der Waals surface area contributed by atoms with E-state index < -0.39 is 12.4 Å². The van der Waals surface area contributed by atoms with Gasteiger partial charge in [0.25, 0.3) is 0 Å². The highest BCUT2D eigenvalue weighted by molar-refractivity contribution is 8.62. The van der Waals surface area contributed by atoms with Crippen LogP contribution >= 0.6 is 18.5 Å². The normalized spacial score (nSPS) is 49.0. The molecule has 0 heterocycles. The summed E-state index contributed by atoms with van der Waals surface area (Å²) in [6, 6.07) is 0. The Kier molecular flexibility index (Phi) is 6.16. The van der Waals surface area contributed by atoms with Gasteiger partial charge in [0.05, 0.1) is 6.10 Å². The van der Waals surface area contributed by atoms with E-state index in [1.807, 2.05) is 0 Å². The van der Waals surface area contributed by atoms with E-state index in [0.29, 0.717) is 22.7 Å². The first-order valence-corrected chi connectivity index (χ1v) is 15.0. The van der Waals surface area contributed by atoms with Crippen LogP contribution in [-0.4, -0.2) is 34.4 Å². The number of carboxylic acid groups (broad SMARTS) is 1. The number of fused-ring (bicyclic) bond motifs is 5. The van der Waals surface area contributed by atoms with Crippen LogP contribution in [0.4, 0.5) is 4.79 Å². The van der Waals surface area contributed by atoms with Gasteiger partial charge in [0, 0.05) is 0 Å². The van der Waals surface area contributed by atoms with Crippen LogP contribution in [0.3, 0.4) is 0 Å². The minimum atomic E-state index is -0.717. The van der Waals surface area contributed by atoms with E-state index in [1.54, 1.807) is 0 Å². The molecule has 0 radical (unpaired) electrons. The molecule has 4 aliphatic rings. The molecule has 5 heteroatoms. The second kappa shape index (κ2) is 8.04. The number of aliphatic hydroxyl groups excluding tert-OH is 1. The SMILES string of the molecule is CP(CCC1CCC2C3C(O)CC4CCCCC4(C)C3CCC12C)SC(=O)O. The van der Waals surface area contributed by atoms with Crippen LogP contribution in [0.15, 0.2) is 0 Å². The van der Waals surface area contributed by atoms with Crippen molar-refractivity contribution >= 4 is 23.8 Å². The fourth-order valence-electron chi connectivity index (χ4n) is 8.35. The molecule has 0 spiro atoms.